The summed E-state index contributed by atoms with van der Waals surface area (Å²) in [5.41, 5.74) is 0. The summed E-state index contributed by atoms with van der Waals surface area (Å²) in [7, 11) is 0. The van der Waals surface area contributed by atoms with Crippen LogP contribution in [0, 0.1) is 6.08 Å². The number of hydrogen-bond acceptors (Lipinski definition) is 0. The SMILES string of the molecule is [C]1=C/C=C/C=C/C=C/C=C\C=C\C=C\C=C\C=C\C=C/C=C/C=C/C=C/C/1. The van der Waals surface area contributed by atoms with Crippen molar-refractivity contribution in [3.8, 4) is 0 Å². The van der Waals surface area contributed by atoms with Crippen LogP contribution in [0.3, 0.4) is 0 Å². The molecule has 0 aromatic heterocycles. The van der Waals surface area contributed by atoms with Crippen LogP contribution in [-0.4, -0.2) is 0 Å². The van der Waals surface area contributed by atoms with E-state index < -0.39 is 0 Å². The fourth-order valence-corrected chi connectivity index (χ4v) is 1.75. The van der Waals surface area contributed by atoms with Crippen LogP contribution in [0.15, 0.2) is 152 Å². The van der Waals surface area contributed by atoms with Gasteiger partial charge in [0.15, 0.2) is 0 Å². The van der Waals surface area contributed by atoms with Gasteiger partial charge >= 0.3 is 0 Å². The molecular formula is C27H27. The molecule has 1 aliphatic rings. The quantitative estimate of drug-likeness (QED) is 0.426. The Bertz CT molecular complexity index is 682. The molecule has 1 aliphatic carbocycles. The van der Waals surface area contributed by atoms with Crippen molar-refractivity contribution >= 4 is 0 Å². The van der Waals surface area contributed by atoms with Crippen molar-refractivity contribution in [2.75, 3.05) is 0 Å². The highest BCUT2D eigenvalue weighted by Crippen LogP contribution is 1.90. The van der Waals surface area contributed by atoms with Crippen molar-refractivity contribution in [2.24, 2.45) is 0 Å². The lowest BCUT2D eigenvalue weighted by Gasteiger charge is -1.78. The summed E-state index contributed by atoms with van der Waals surface area (Å²) >= 11 is 0. The molecule has 0 saturated heterocycles. The van der Waals surface area contributed by atoms with E-state index in [0.29, 0.717) is 0 Å². The lowest BCUT2D eigenvalue weighted by atomic mass is 10.3. The maximum atomic E-state index is 3.20. The highest BCUT2D eigenvalue weighted by Gasteiger charge is 1.70. The molecule has 0 saturated carbocycles. The Hall–Kier alpha value is -3.38. The molecule has 0 nitrogen and oxygen atoms in total. The molecule has 0 fully saturated rings. The molecule has 135 valence electrons. The van der Waals surface area contributed by atoms with Gasteiger partial charge in [-0.15, -0.1) is 0 Å². The van der Waals surface area contributed by atoms with Gasteiger partial charge in [-0.2, -0.15) is 0 Å². The normalized spacial score (nSPS) is 31.7. The Kier molecular flexibility index (Phi) is 15.2. The summed E-state index contributed by atoms with van der Waals surface area (Å²) in [6, 6.07) is 0. The molecule has 0 aromatic carbocycles. The smallest absolute Gasteiger partial charge is 0.00915 e. The fraction of sp³-hybridized carbons (Fsp3) is 0.0370. The molecule has 0 N–H and O–H groups in total. The minimum Gasteiger partial charge on any atom is -0.0801 e. The first-order chi connectivity index (χ1) is 13.5. The molecule has 0 atom stereocenters. The Morgan fingerprint density at radius 3 is 0.889 bits per heavy atom. The predicted octanol–water partition coefficient (Wildman–Crippen LogP) is 7.42. The van der Waals surface area contributed by atoms with Gasteiger partial charge in [0.2, 0.25) is 0 Å². The first-order valence-electron chi connectivity index (χ1n) is 9.05. The van der Waals surface area contributed by atoms with E-state index in [1.165, 1.54) is 0 Å². The average molecular weight is 352 g/mol. The Morgan fingerprint density at radius 2 is 0.556 bits per heavy atom. The van der Waals surface area contributed by atoms with E-state index in [9.17, 15) is 0 Å². The lowest BCUT2D eigenvalue weighted by Crippen LogP contribution is -1.59. The second-order valence-electron chi connectivity index (χ2n) is 5.24. The highest BCUT2D eigenvalue weighted by molar-refractivity contribution is 5.23. The first-order valence-corrected chi connectivity index (χ1v) is 9.05. The summed E-state index contributed by atoms with van der Waals surface area (Å²) in [6.45, 7) is 0. The van der Waals surface area contributed by atoms with Crippen molar-refractivity contribution in [2.45, 2.75) is 6.42 Å². The Morgan fingerprint density at radius 1 is 0.296 bits per heavy atom. The molecule has 0 aromatic rings. The molecule has 0 heterocycles. The summed E-state index contributed by atoms with van der Waals surface area (Å²) in [5.74, 6) is 0. The molecule has 27 heavy (non-hydrogen) atoms. The summed E-state index contributed by atoms with van der Waals surface area (Å²) in [5, 5.41) is 0. The van der Waals surface area contributed by atoms with Gasteiger partial charge in [0, 0.05) is 0 Å². The molecule has 0 heteroatoms. The van der Waals surface area contributed by atoms with E-state index in [2.05, 4.69) is 12.2 Å². The third kappa shape index (κ3) is 17.2. The van der Waals surface area contributed by atoms with Gasteiger partial charge in [0.25, 0.3) is 0 Å². The van der Waals surface area contributed by atoms with E-state index in [1.807, 2.05) is 146 Å². The van der Waals surface area contributed by atoms with E-state index >= 15 is 0 Å². The number of hydrogen-bond donors (Lipinski definition) is 0. The maximum Gasteiger partial charge on any atom is -0.00915 e. The van der Waals surface area contributed by atoms with Gasteiger partial charge in [0.1, 0.15) is 0 Å². The zero-order valence-electron chi connectivity index (χ0n) is 15.6. The van der Waals surface area contributed by atoms with Gasteiger partial charge in [-0.1, -0.05) is 152 Å². The van der Waals surface area contributed by atoms with Crippen LogP contribution in [0.5, 0.6) is 0 Å². The zero-order chi connectivity index (χ0) is 19.1. The van der Waals surface area contributed by atoms with E-state index in [4.69, 9.17) is 0 Å². The summed E-state index contributed by atoms with van der Waals surface area (Å²) < 4.78 is 0. The minimum atomic E-state index is 0.799. The number of allylic oxidation sites excluding steroid dienone is 26. The first kappa shape index (κ1) is 21.7. The van der Waals surface area contributed by atoms with Gasteiger partial charge in [-0.25, -0.2) is 0 Å². The Balaban J connectivity index is 2.64. The van der Waals surface area contributed by atoms with Crippen LogP contribution in [-0.2, 0) is 0 Å². The minimum absolute atomic E-state index is 0.799. The molecule has 0 unspecified atom stereocenters. The van der Waals surface area contributed by atoms with Crippen LogP contribution in [0.2, 0.25) is 0 Å². The van der Waals surface area contributed by atoms with Gasteiger partial charge < -0.3 is 0 Å². The van der Waals surface area contributed by atoms with E-state index in [1.54, 1.807) is 0 Å². The largest absolute Gasteiger partial charge is 0.0801 e. The summed E-state index contributed by atoms with van der Waals surface area (Å²) in [6.07, 6.45) is 54.0. The highest BCUT2D eigenvalue weighted by atomic mass is 13.8. The van der Waals surface area contributed by atoms with Crippen LogP contribution in [0.4, 0.5) is 0 Å². The monoisotopic (exact) mass is 351 g/mol. The number of rotatable bonds is 0. The second-order valence-corrected chi connectivity index (χ2v) is 5.24. The molecule has 0 amide bonds. The molecule has 0 aliphatic heterocycles. The van der Waals surface area contributed by atoms with Crippen molar-refractivity contribution < 1.29 is 0 Å². The van der Waals surface area contributed by atoms with Crippen molar-refractivity contribution in [1.82, 2.24) is 0 Å². The maximum absolute atomic E-state index is 3.20. The molecule has 1 radical (unpaired) electrons. The van der Waals surface area contributed by atoms with Crippen molar-refractivity contribution in [3.63, 3.8) is 0 Å². The van der Waals surface area contributed by atoms with Crippen LogP contribution in [0.1, 0.15) is 6.42 Å². The van der Waals surface area contributed by atoms with E-state index in [-0.39, 0.29) is 0 Å². The molecule has 1 rings (SSSR count). The lowest BCUT2D eigenvalue weighted by molar-refractivity contribution is 1.34. The Labute approximate surface area is 164 Å². The molecule has 0 bridgehead atoms. The fourth-order valence-electron chi connectivity index (χ4n) is 1.75. The topological polar surface area (TPSA) is 0 Å². The second kappa shape index (κ2) is 19.0. The summed E-state index contributed by atoms with van der Waals surface area (Å²) in [4.78, 5) is 0. The van der Waals surface area contributed by atoms with Crippen molar-refractivity contribution in [3.05, 3.63) is 158 Å². The predicted molar refractivity (Wildman–Crippen MR) is 122 cm³/mol. The molecule has 0 spiro atoms. The third-order valence-corrected chi connectivity index (χ3v) is 3.03. The van der Waals surface area contributed by atoms with Gasteiger partial charge in [0.05, 0.1) is 0 Å². The van der Waals surface area contributed by atoms with Gasteiger partial charge in [-0.3, -0.25) is 0 Å². The van der Waals surface area contributed by atoms with Crippen LogP contribution >= 0.6 is 0 Å². The zero-order valence-corrected chi connectivity index (χ0v) is 15.6. The van der Waals surface area contributed by atoms with Crippen molar-refractivity contribution in [1.29, 1.82) is 0 Å². The standard InChI is InChI=1S/C27H27/c1-2-4-6-8-10-12-14-16-18-20-22-24-26-27-25-23-21-19-17-15-13-11-9-7-5-3-1/h1-25H,26H2/b3-1+,4-2+,7-5+,8-6+,11-9-,12-10-,15-13+,16-14+,19-17+,20-18+,23-21+,24-22+,27-25?. The third-order valence-electron chi connectivity index (χ3n) is 3.03. The van der Waals surface area contributed by atoms with E-state index in [0.717, 1.165) is 6.42 Å². The van der Waals surface area contributed by atoms with Crippen LogP contribution in [0.25, 0.3) is 0 Å². The average Bonchev–Trinajstić information content (AvgIpc) is 2.68. The van der Waals surface area contributed by atoms with Crippen LogP contribution < -0.4 is 0 Å². The van der Waals surface area contributed by atoms with Gasteiger partial charge in [-0.05, 0) is 12.5 Å². The molecular weight excluding hydrogens is 324 g/mol.